The predicted molar refractivity (Wildman–Crippen MR) is 97.0 cm³/mol. The molecule has 6 nitrogen and oxygen atoms in total. The number of benzene rings is 2. The topological polar surface area (TPSA) is 82.8 Å². The van der Waals surface area contributed by atoms with E-state index in [0.717, 1.165) is 24.3 Å². The lowest BCUT2D eigenvalue weighted by atomic mass is 10.1. The Morgan fingerprint density at radius 1 is 1.04 bits per heavy atom. The third kappa shape index (κ3) is 3.41. The number of hydrogen-bond acceptors (Lipinski definition) is 6. The van der Waals surface area contributed by atoms with Crippen LogP contribution in [-0.4, -0.2) is 14.2 Å². The molecule has 28 heavy (non-hydrogen) atoms. The first-order valence-corrected chi connectivity index (χ1v) is 9.57. The highest BCUT2D eigenvalue weighted by molar-refractivity contribution is 7.87. The van der Waals surface area contributed by atoms with Crippen molar-refractivity contribution in [1.82, 2.24) is 0 Å². The molecular weight excluding hydrogens is 387 g/mol. The van der Waals surface area contributed by atoms with Gasteiger partial charge in [0.05, 0.1) is 5.56 Å². The van der Waals surface area contributed by atoms with Crippen molar-refractivity contribution >= 4 is 22.0 Å². The van der Waals surface area contributed by atoms with Gasteiger partial charge in [0, 0.05) is 12.1 Å². The number of rotatable bonds is 4. The molecule has 2 aromatic carbocycles. The summed E-state index contributed by atoms with van der Waals surface area (Å²) in [5.41, 5.74) is 0.279. The van der Waals surface area contributed by atoms with Gasteiger partial charge in [-0.25, -0.2) is 4.39 Å². The van der Waals surface area contributed by atoms with Crippen molar-refractivity contribution in [2.24, 2.45) is 0 Å². The Morgan fingerprint density at radius 2 is 1.79 bits per heavy atom. The van der Waals surface area contributed by atoms with Crippen LogP contribution in [0.15, 0.2) is 69.7 Å². The molecule has 0 saturated carbocycles. The first-order chi connectivity index (χ1) is 13.3. The molecule has 142 valence electrons. The summed E-state index contributed by atoms with van der Waals surface area (Å²) in [4.78, 5) is 12.2. The van der Waals surface area contributed by atoms with Crippen molar-refractivity contribution in [3.63, 3.8) is 0 Å². The Kier molecular flexibility index (Phi) is 4.27. The SMILES string of the molecule is Cc1ccc(/C=C2\Oc3cc(OS(=O)(=O)c4ccc(F)cc4)ccc3C2=O)o1. The van der Waals surface area contributed by atoms with E-state index in [1.54, 1.807) is 19.1 Å². The smallest absolute Gasteiger partial charge is 0.339 e. The maximum Gasteiger partial charge on any atom is 0.339 e. The molecule has 1 aliphatic heterocycles. The average Bonchev–Trinajstić information content (AvgIpc) is 3.18. The van der Waals surface area contributed by atoms with Crippen LogP contribution in [0.2, 0.25) is 0 Å². The van der Waals surface area contributed by atoms with Crippen molar-refractivity contribution in [2.75, 3.05) is 0 Å². The minimum absolute atomic E-state index is 0.0361. The van der Waals surface area contributed by atoms with Gasteiger partial charge in [0.1, 0.15) is 33.7 Å². The fourth-order valence-corrected chi connectivity index (χ4v) is 3.58. The Hall–Kier alpha value is -3.39. The van der Waals surface area contributed by atoms with Crippen LogP contribution in [0.4, 0.5) is 4.39 Å². The van der Waals surface area contributed by atoms with E-state index in [4.69, 9.17) is 13.3 Å². The van der Waals surface area contributed by atoms with Crippen molar-refractivity contribution in [3.8, 4) is 11.5 Å². The monoisotopic (exact) mass is 400 g/mol. The Bertz CT molecular complexity index is 1210. The van der Waals surface area contributed by atoms with Gasteiger partial charge in [0.2, 0.25) is 5.78 Å². The zero-order valence-corrected chi connectivity index (χ0v) is 15.3. The Morgan fingerprint density at radius 3 is 2.46 bits per heavy atom. The lowest BCUT2D eigenvalue weighted by molar-refractivity contribution is 0.101. The number of ketones is 1. The van der Waals surface area contributed by atoms with E-state index in [9.17, 15) is 17.6 Å². The zero-order valence-electron chi connectivity index (χ0n) is 14.5. The van der Waals surface area contributed by atoms with Gasteiger partial charge in [-0.15, -0.1) is 0 Å². The number of aryl methyl sites for hydroxylation is 1. The van der Waals surface area contributed by atoms with Crippen molar-refractivity contribution < 1.29 is 30.9 Å². The molecule has 0 bridgehead atoms. The number of hydrogen-bond donors (Lipinski definition) is 0. The summed E-state index contributed by atoms with van der Waals surface area (Å²) in [5.74, 6) is 0.437. The van der Waals surface area contributed by atoms with E-state index in [0.29, 0.717) is 11.5 Å². The van der Waals surface area contributed by atoms with Crippen LogP contribution in [0.25, 0.3) is 6.08 Å². The van der Waals surface area contributed by atoms with Crippen LogP contribution in [0.5, 0.6) is 11.5 Å². The lowest BCUT2D eigenvalue weighted by Crippen LogP contribution is -2.09. The number of carbonyl (C=O) groups excluding carboxylic acids is 1. The first kappa shape index (κ1) is 18.0. The highest BCUT2D eigenvalue weighted by Crippen LogP contribution is 2.35. The molecular formula is C20H13FO6S. The lowest BCUT2D eigenvalue weighted by Gasteiger charge is -2.07. The van der Waals surface area contributed by atoms with Gasteiger partial charge < -0.3 is 13.3 Å². The summed E-state index contributed by atoms with van der Waals surface area (Å²) < 4.78 is 53.6. The normalized spacial score (nSPS) is 14.8. The molecule has 3 aromatic rings. The minimum atomic E-state index is -4.16. The summed E-state index contributed by atoms with van der Waals surface area (Å²) in [6.45, 7) is 1.78. The van der Waals surface area contributed by atoms with Gasteiger partial charge in [-0.3, -0.25) is 4.79 Å². The highest BCUT2D eigenvalue weighted by atomic mass is 32.2. The summed E-state index contributed by atoms with van der Waals surface area (Å²) in [6.07, 6.45) is 1.46. The van der Waals surface area contributed by atoms with Gasteiger partial charge in [0.15, 0.2) is 5.76 Å². The van der Waals surface area contributed by atoms with Crippen LogP contribution >= 0.6 is 0 Å². The van der Waals surface area contributed by atoms with E-state index in [1.807, 2.05) is 0 Å². The summed E-state index contributed by atoms with van der Waals surface area (Å²) in [5, 5.41) is 0. The number of carbonyl (C=O) groups is 1. The van der Waals surface area contributed by atoms with Gasteiger partial charge in [0.25, 0.3) is 0 Å². The van der Waals surface area contributed by atoms with Crippen LogP contribution in [0, 0.1) is 12.7 Å². The molecule has 0 aliphatic carbocycles. The summed E-state index contributed by atoms with van der Waals surface area (Å²) >= 11 is 0. The van der Waals surface area contributed by atoms with Gasteiger partial charge in [-0.05, 0) is 55.5 Å². The van der Waals surface area contributed by atoms with Crippen LogP contribution in [0.1, 0.15) is 21.9 Å². The Labute approximate surface area is 159 Å². The number of ether oxygens (including phenoxy) is 1. The fraction of sp³-hybridized carbons (Fsp3) is 0.0500. The second-order valence-corrected chi connectivity index (χ2v) is 7.58. The van der Waals surface area contributed by atoms with E-state index < -0.39 is 15.9 Å². The summed E-state index contributed by atoms with van der Waals surface area (Å²) in [6, 6.07) is 11.8. The molecule has 4 rings (SSSR count). The zero-order chi connectivity index (χ0) is 19.9. The molecule has 0 N–H and O–H groups in total. The van der Waals surface area contributed by atoms with E-state index in [1.165, 1.54) is 24.3 Å². The molecule has 1 aromatic heterocycles. The third-order valence-corrected chi connectivity index (χ3v) is 5.25. The molecule has 8 heteroatoms. The molecule has 1 aliphatic rings. The van der Waals surface area contributed by atoms with Crippen LogP contribution < -0.4 is 8.92 Å². The molecule has 2 heterocycles. The second kappa shape index (κ2) is 6.65. The molecule has 0 unspecified atom stereocenters. The largest absolute Gasteiger partial charge is 0.462 e. The summed E-state index contributed by atoms with van der Waals surface area (Å²) in [7, 11) is -4.16. The molecule has 0 saturated heterocycles. The number of fused-ring (bicyclic) bond motifs is 1. The van der Waals surface area contributed by atoms with E-state index in [-0.39, 0.29) is 33.5 Å². The third-order valence-electron chi connectivity index (χ3n) is 3.98. The second-order valence-electron chi connectivity index (χ2n) is 6.04. The number of Topliss-reactive ketones (excluding diaryl/α,β-unsaturated/α-hetero) is 1. The van der Waals surface area contributed by atoms with Gasteiger partial charge in [-0.2, -0.15) is 8.42 Å². The quantitative estimate of drug-likeness (QED) is 0.484. The molecule has 0 atom stereocenters. The maximum atomic E-state index is 13.0. The van der Waals surface area contributed by atoms with Crippen LogP contribution in [-0.2, 0) is 10.1 Å². The number of allylic oxidation sites excluding steroid dienone is 1. The number of furan rings is 1. The Balaban J connectivity index is 1.59. The molecule has 0 amide bonds. The van der Waals surface area contributed by atoms with Crippen LogP contribution in [0.3, 0.4) is 0 Å². The molecule has 0 fully saturated rings. The standard InChI is InChI=1S/C20H13FO6S/c1-12-2-5-14(25-12)10-19-20(22)17-9-6-15(11-18(17)26-19)27-28(23,24)16-7-3-13(21)4-8-16/h2-11H,1H3/b19-10-. The van der Waals surface area contributed by atoms with Crippen molar-refractivity contribution in [2.45, 2.75) is 11.8 Å². The highest BCUT2D eigenvalue weighted by Gasteiger charge is 2.29. The first-order valence-electron chi connectivity index (χ1n) is 8.17. The number of halogens is 1. The minimum Gasteiger partial charge on any atom is -0.462 e. The maximum absolute atomic E-state index is 13.0. The molecule has 0 radical (unpaired) electrons. The van der Waals surface area contributed by atoms with Crippen molar-refractivity contribution in [3.05, 3.63) is 83.3 Å². The van der Waals surface area contributed by atoms with Gasteiger partial charge >= 0.3 is 10.1 Å². The predicted octanol–water partition coefficient (Wildman–Crippen LogP) is 4.11. The van der Waals surface area contributed by atoms with Crippen molar-refractivity contribution in [1.29, 1.82) is 0 Å². The average molecular weight is 400 g/mol. The molecule has 0 spiro atoms. The fourth-order valence-electron chi connectivity index (χ4n) is 2.66. The van der Waals surface area contributed by atoms with Gasteiger partial charge in [-0.1, -0.05) is 0 Å². The van der Waals surface area contributed by atoms with E-state index in [2.05, 4.69) is 0 Å². The van der Waals surface area contributed by atoms with E-state index >= 15 is 0 Å².